The molecule has 1 atom stereocenters. The molecular formula is C51H36. The first-order valence-corrected chi connectivity index (χ1v) is 18.2. The minimum Gasteiger partial charge on any atom is -0.0619 e. The van der Waals surface area contributed by atoms with Crippen LogP contribution in [0.4, 0.5) is 0 Å². The zero-order chi connectivity index (χ0) is 33.9. The predicted octanol–water partition coefficient (Wildman–Crippen LogP) is 12.7. The van der Waals surface area contributed by atoms with E-state index in [1.807, 2.05) is 0 Å². The van der Waals surface area contributed by atoms with E-state index in [9.17, 15) is 0 Å². The SMILES string of the molecule is CC1(C)c2ccccc2-c2ccc(C(c3ccc4c(c3)C3(c5ccccc5-c5ccccc53)c3ccccc3-4)c3cccc4ccccc34)cc21. The van der Waals surface area contributed by atoms with Crippen LogP contribution in [0.5, 0.6) is 0 Å². The van der Waals surface area contributed by atoms with Gasteiger partial charge >= 0.3 is 0 Å². The van der Waals surface area contributed by atoms with Crippen molar-refractivity contribution < 1.29 is 0 Å². The van der Waals surface area contributed by atoms with Gasteiger partial charge in [-0.25, -0.2) is 0 Å². The van der Waals surface area contributed by atoms with E-state index >= 15 is 0 Å². The number of hydrogen-bond acceptors (Lipinski definition) is 0. The van der Waals surface area contributed by atoms with Crippen LogP contribution < -0.4 is 0 Å². The molecule has 1 unspecified atom stereocenters. The van der Waals surface area contributed by atoms with Crippen LogP contribution in [0.15, 0.2) is 176 Å². The van der Waals surface area contributed by atoms with E-state index in [1.54, 1.807) is 0 Å². The third-order valence-corrected chi connectivity index (χ3v) is 12.4. The van der Waals surface area contributed by atoms with Gasteiger partial charge in [0.05, 0.1) is 5.41 Å². The molecule has 0 saturated heterocycles. The molecule has 0 heterocycles. The van der Waals surface area contributed by atoms with Gasteiger partial charge in [-0.3, -0.25) is 0 Å². The summed E-state index contributed by atoms with van der Waals surface area (Å²) in [4.78, 5) is 0. The second-order valence-electron chi connectivity index (χ2n) is 15.2. The number of hydrogen-bond donors (Lipinski definition) is 0. The summed E-state index contributed by atoms with van der Waals surface area (Å²) in [5.41, 5.74) is 20.0. The first-order chi connectivity index (χ1) is 25.1. The molecule has 0 radical (unpaired) electrons. The highest BCUT2D eigenvalue weighted by Crippen LogP contribution is 2.63. The lowest BCUT2D eigenvalue weighted by Crippen LogP contribution is -2.26. The Kier molecular flexibility index (Phi) is 5.81. The second kappa shape index (κ2) is 10.3. The Morgan fingerprint density at radius 1 is 0.353 bits per heavy atom. The third kappa shape index (κ3) is 3.70. The molecule has 8 aromatic carbocycles. The van der Waals surface area contributed by atoms with Crippen molar-refractivity contribution in [2.24, 2.45) is 0 Å². The van der Waals surface area contributed by atoms with Crippen molar-refractivity contribution in [3.63, 3.8) is 0 Å². The van der Waals surface area contributed by atoms with Crippen molar-refractivity contribution in [1.82, 2.24) is 0 Å². The van der Waals surface area contributed by atoms with Gasteiger partial charge in [0.2, 0.25) is 0 Å². The number of rotatable bonds is 3. The molecule has 8 aromatic rings. The van der Waals surface area contributed by atoms with E-state index in [-0.39, 0.29) is 16.7 Å². The summed E-state index contributed by atoms with van der Waals surface area (Å²) in [6, 6.07) is 66.8. The Hall–Kier alpha value is -5.98. The molecule has 11 rings (SSSR count). The lowest BCUT2D eigenvalue weighted by Gasteiger charge is -2.31. The van der Waals surface area contributed by atoms with Crippen LogP contribution in [0.25, 0.3) is 44.2 Å². The summed E-state index contributed by atoms with van der Waals surface area (Å²) in [6.45, 7) is 4.78. The Morgan fingerprint density at radius 3 is 1.39 bits per heavy atom. The molecule has 0 heteroatoms. The molecule has 1 spiro atoms. The fourth-order valence-corrected chi connectivity index (χ4v) is 10.2. The highest BCUT2D eigenvalue weighted by atomic mass is 14.5. The van der Waals surface area contributed by atoms with Crippen LogP contribution in [0.2, 0.25) is 0 Å². The highest BCUT2D eigenvalue weighted by Gasteiger charge is 2.51. The molecule has 0 saturated carbocycles. The predicted molar refractivity (Wildman–Crippen MR) is 212 cm³/mol. The van der Waals surface area contributed by atoms with E-state index in [1.165, 1.54) is 94.2 Å². The van der Waals surface area contributed by atoms with Crippen molar-refractivity contribution >= 4 is 10.8 Å². The van der Waals surface area contributed by atoms with Gasteiger partial charge in [-0.15, -0.1) is 0 Å². The smallest absolute Gasteiger partial charge is 0.0619 e. The van der Waals surface area contributed by atoms with Crippen molar-refractivity contribution in [2.75, 3.05) is 0 Å². The summed E-state index contributed by atoms with van der Waals surface area (Å²) in [6.07, 6.45) is 0. The van der Waals surface area contributed by atoms with Crippen molar-refractivity contribution in [3.8, 4) is 33.4 Å². The van der Waals surface area contributed by atoms with Gasteiger partial charge in [0.1, 0.15) is 0 Å². The third-order valence-electron chi connectivity index (χ3n) is 12.4. The van der Waals surface area contributed by atoms with Gasteiger partial charge in [-0.2, -0.15) is 0 Å². The summed E-state index contributed by atoms with van der Waals surface area (Å²) in [5, 5.41) is 2.58. The Bertz CT molecular complexity index is 2670. The molecule has 0 fully saturated rings. The standard InChI is InChI=1S/C51H36/c1-50(2)43-22-9-5-17-36(43)40-28-26-33(30-47(40)50)49(42-21-13-15-32-14-3-4-16-35(32)42)34-27-29-41-39-20-8-12-25-46(39)51(48(41)31-34)44-23-10-6-18-37(44)38-19-7-11-24-45(38)51/h3-31,49H,1-2H3. The maximum absolute atomic E-state index is 2.58. The van der Waals surface area contributed by atoms with Gasteiger partial charge in [0.15, 0.2) is 0 Å². The zero-order valence-electron chi connectivity index (χ0n) is 28.8. The van der Waals surface area contributed by atoms with E-state index < -0.39 is 0 Å². The van der Waals surface area contributed by atoms with Gasteiger partial charge in [-0.05, 0) is 94.2 Å². The van der Waals surface area contributed by atoms with Crippen LogP contribution in [-0.2, 0) is 10.8 Å². The summed E-state index contributed by atoms with van der Waals surface area (Å²) < 4.78 is 0. The molecular weight excluding hydrogens is 613 g/mol. The number of benzene rings is 8. The molecule has 0 bridgehead atoms. The molecule has 51 heavy (non-hydrogen) atoms. The summed E-state index contributed by atoms with van der Waals surface area (Å²) >= 11 is 0. The van der Waals surface area contributed by atoms with Crippen LogP contribution in [0, 0.1) is 0 Å². The first-order valence-electron chi connectivity index (χ1n) is 18.2. The molecule has 0 aromatic heterocycles. The lowest BCUT2D eigenvalue weighted by atomic mass is 9.69. The summed E-state index contributed by atoms with van der Waals surface area (Å²) in [7, 11) is 0. The number of fused-ring (bicyclic) bond motifs is 14. The first kappa shape index (κ1) is 28.8. The monoisotopic (exact) mass is 648 g/mol. The van der Waals surface area contributed by atoms with E-state index in [2.05, 4.69) is 190 Å². The van der Waals surface area contributed by atoms with Gasteiger partial charge in [-0.1, -0.05) is 190 Å². The molecule has 0 aliphatic heterocycles. The molecule has 3 aliphatic rings. The average Bonchev–Trinajstić information content (AvgIpc) is 3.74. The van der Waals surface area contributed by atoms with Crippen LogP contribution in [0.1, 0.15) is 69.8 Å². The zero-order valence-corrected chi connectivity index (χ0v) is 28.8. The minimum absolute atomic E-state index is 0.0406. The normalized spacial score (nSPS) is 15.5. The second-order valence-corrected chi connectivity index (χ2v) is 15.2. The molecule has 3 aliphatic carbocycles. The average molecular weight is 649 g/mol. The van der Waals surface area contributed by atoms with Crippen molar-refractivity contribution in [3.05, 3.63) is 226 Å². The van der Waals surface area contributed by atoms with Gasteiger partial charge < -0.3 is 0 Å². The van der Waals surface area contributed by atoms with Crippen LogP contribution in [-0.4, -0.2) is 0 Å². The topological polar surface area (TPSA) is 0 Å². The van der Waals surface area contributed by atoms with Gasteiger partial charge in [0.25, 0.3) is 0 Å². The maximum Gasteiger partial charge on any atom is 0.0725 e. The Balaban J connectivity index is 1.20. The fraction of sp³-hybridized carbons (Fsp3) is 0.0980. The van der Waals surface area contributed by atoms with Crippen molar-refractivity contribution in [1.29, 1.82) is 0 Å². The quantitative estimate of drug-likeness (QED) is 0.167. The minimum atomic E-state index is -0.375. The molecule has 0 nitrogen and oxygen atoms in total. The molecule has 0 amide bonds. The molecule has 240 valence electrons. The Morgan fingerprint density at radius 2 is 0.784 bits per heavy atom. The Labute approximate surface area is 299 Å². The van der Waals surface area contributed by atoms with Crippen LogP contribution >= 0.6 is 0 Å². The van der Waals surface area contributed by atoms with Gasteiger partial charge in [0, 0.05) is 11.3 Å². The summed E-state index contributed by atoms with van der Waals surface area (Å²) in [5.74, 6) is 0.0406. The van der Waals surface area contributed by atoms with E-state index in [4.69, 9.17) is 0 Å². The van der Waals surface area contributed by atoms with Crippen molar-refractivity contribution in [2.45, 2.75) is 30.6 Å². The molecule has 0 N–H and O–H groups in total. The van der Waals surface area contributed by atoms with E-state index in [0.29, 0.717) is 0 Å². The fourth-order valence-electron chi connectivity index (χ4n) is 10.2. The lowest BCUT2D eigenvalue weighted by molar-refractivity contribution is 0.659. The highest BCUT2D eigenvalue weighted by molar-refractivity contribution is 5.95. The van der Waals surface area contributed by atoms with Crippen LogP contribution in [0.3, 0.4) is 0 Å². The van der Waals surface area contributed by atoms with E-state index in [0.717, 1.165) is 0 Å². The maximum atomic E-state index is 2.58. The largest absolute Gasteiger partial charge is 0.0725 e.